The molecule has 0 spiro atoms. The number of para-hydroxylation sites is 1. The van der Waals surface area contributed by atoms with Gasteiger partial charge in [0.1, 0.15) is 0 Å². The first-order valence-electron chi connectivity index (χ1n) is 8.39. The standard InChI is InChI=1S/C19H21N5O3/c1-26-15-9-8-13(12-16(15)27-2)10-11-21-19(25)17-18(20)24(23-22-17)14-6-4-3-5-7-14/h3-9,12H,10-11,20H2,1-2H3,(H,21,25). The molecule has 140 valence electrons. The van der Waals surface area contributed by atoms with Crippen molar-refractivity contribution in [1.82, 2.24) is 20.3 Å². The highest BCUT2D eigenvalue weighted by atomic mass is 16.5. The Balaban J connectivity index is 1.63. The first-order chi connectivity index (χ1) is 13.1. The van der Waals surface area contributed by atoms with E-state index < -0.39 is 0 Å². The highest BCUT2D eigenvalue weighted by Gasteiger charge is 2.18. The number of hydrogen-bond donors (Lipinski definition) is 2. The molecule has 1 amide bonds. The zero-order chi connectivity index (χ0) is 19.2. The summed E-state index contributed by atoms with van der Waals surface area (Å²) in [6, 6.07) is 14.9. The molecule has 0 saturated carbocycles. The van der Waals surface area contributed by atoms with Crippen LogP contribution in [-0.2, 0) is 6.42 Å². The summed E-state index contributed by atoms with van der Waals surface area (Å²) >= 11 is 0. The molecule has 0 bridgehead atoms. The van der Waals surface area contributed by atoms with Gasteiger partial charge in [0.15, 0.2) is 23.0 Å². The van der Waals surface area contributed by atoms with E-state index in [1.165, 1.54) is 4.68 Å². The van der Waals surface area contributed by atoms with Gasteiger partial charge in [-0.05, 0) is 36.2 Å². The maximum atomic E-state index is 12.4. The summed E-state index contributed by atoms with van der Waals surface area (Å²) in [6.07, 6.45) is 0.624. The minimum absolute atomic E-state index is 0.103. The summed E-state index contributed by atoms with van der Waals surface area (Å²) in [6.45, 7) is 0.423. The summed E-state index contributed by atoms with van der Waals surface area (Å²) in [5, 5.41) is 10.7. The highest BCUT2D eigenvalue weighted by Crippen LogP contribution is 2.27. The van der Waals surface area contributed by atoms with Crippen LogP contribution in [0.2, 0.25) is 0 Å². The van der Waals surface area contributed by atoms with E-state index in [1.807, 2.05) is 48.5 Å². The lowest BCUT2D eigenvalue weighted by molar-refractivity contribution is 0.0950. The minimum atomic E-state index is -0.366. The van der Waals surface area contributed by atoms with Crippen molar-refractivity contribution >= 4 is 11.7 Å². The van der Waals surface area contributed by atoms with Crippen LogP contribution >= 0.6 is 0 Å². The number of anilines is 1. The fourth-order valence-electron chi connectivity index (χ4n) is 2.65. The maximum Gasteiger partial charge on any atom is 0.275 e. The number of carbonyl (C=O) groups excluding carboxylic acids is 1. The topological polar surface area (TPSA) is 104 Å². The Kier molecular flexibility index (Phi) is 5.55. The second-order valence-electron chi connectivity index (χ2n) is 5.77. The minimum Gasteiger partial charge on any atom is -0.493 e. The molecule has 0 saturated heterocycles. The maximum absolute atomic E-state index is 12.4. The molecule has 0 fully saturated rings. The Labute approximate surface area is 156 Å². The Morgan fingerprint density at radius 1 is 1.11 bits per heavy atom. The van der Waals surface area contributed by atoms with E-state index in [2.05, 4.69) is 15.6 Å². The van der Waals surface area contributed by atoms with Crippen LogP contribution in [0.3, 0.4) is 0 Å². The van der Waals surface area contributed by atoms with Crippen LogP contribution in [0.4, 0.5) is 5.82 Å². The van der Waals surface area contributed by atoms with Gasteiger partial charge in [-0.1, -0.05) is 29.5 Å². The van der Waals surface area contributed by atoms with Crippen molar-refractivity contribution in [2.45, 2.75) is 6.42 Å². The predicted octanol–water partition coefficient (Wildman–Crippen LogP) is 1.84. The van der Waals surface area contributed by atoms with Crippen molar-refractivity contribution in [3.63, 3.8) is 0 Å². The van der Waals surface area contributed by atoms with Crippen molar-refractivity contribution in [2.24, 2.45) is 0 Å². The SMILES string of the molecule is COc1ccc(CCNC(=O)c2nnn(-c3ccccc3)c2N)cc1OC. The third kappa shape index (κ3) is 4.00. The lowest BCUT2D eigenvalue weighted by atomic mass is 10.1. The molecule has 27 heavy (non-hydrogen) atoms. The summed E-state index contributed by atoms with van der Waals surface area (Å²) in [4.78, 5) is 12.4. The van der Waals surface area contributed by atoms with E-state index in [0.29, 0.717) is 24.5 Å². The van der Waals surface area contributed by atoms with Crippen LogP contribution in [0, 0.1) is 0 Å². The summed E-state index contributed by atoms with van der Waals surface area (Å²) < 4.78 is 11.9. The van der Waals surface area contributed by atoms with Crippen LogP contribution in [-0.4, -0.2) is 41.7 Å². The van der Waals surface area contributed by atoms with E-state index in [0.717, 1.165) is 11.3 Å². The van der Waals surface area contributed by atoms with Crippen molar-refractivity contribution in [3.05, 3.63) is 59.8 Å². The number of hydrogen-bond acceptors (Lipinski definition) is 6. The fraction of sp³-hybridized carbons (Fsp3) is 0.211. The molecular formula is C19H21N5O3. The smallest absolute Gasteiger partial charge is 0.275 e. The number of benzene rings is 2. The number of amides is 1. The molecule has 0 radical (unpaired) electrons. The molecule has 8 heteroatoms. The number of nitrogens with two attached hydrogens (primary N) is 1. The summed E-state index contributed by atoms with van der Waals surface area (Å²) in [5.41, 5.74) is 7.89. The Bertz CT molecular complexity index is 924. The fourth-order valence-corrected chi connectivity index (χ4v) is 2.65. The number of rotatable bonds is 7. The van der Waals surface area contributed by atoms with Gasteiger partial charge in [0, 0.05) is 6.54 Å². The number of ether oxygens (including phenoxy) is 2. The molecule has 0 aliphatic heterocycles. The van der Waals surface area contributed by atoms with Gasteiger partial charge in [0.2, 0.25) is 0 Å². The first kappa shape index (κ1) is 18.2. The molecule has 0 unspecified atom stereocenters. The number of nitrogen functional groups attached to an aromatic ring is 1. The normalized spacial score (nSPS) is 10.4. The Hall–Kier alpha value is -3.55. The zero-order valence-electron chi connectivity index (χ0n) is 15.2. The van der Waals surface area contributed by atoms with Crippen LogP contribution < -0.4 is 20.5 Å². The van der Waals surface area contributed by atoms with E-state index >= 15 is 0 Å². The zero-order valence-corrected chi connectivity index (χ0v) is 15.2. The van der Waals surface area contributed by atoms with E-state index in [-0.39, 0.29) is 17.4 Å². The van der Waals surface area contributed by atoms with Crippen molar-refractivity contribution in [2.75, 3.05) is 26.5 Å². The third-order valence-corrected chi connectivity index (χ3v) is 4.07. The number of nitrogens with one attached hydrogen (secondary N) is 1. The molecule has 2 aromatic carbocycles. The van der Waals surface area contributed by atoms with Gasteiger partial charge in [-0.3, -0.25) is 4.79 Å². The molecular weight excluding hydrogens is 346 g/mol. The average molecular weight is 367 g/mol. The van der Waals surface area contributed by atoms with Gasteiger partial charge in [0.25, 0.3) is 5.91 Å². The second-order valence-corrected chi connectivity index (χ2v) is 5.77. The monoisotopic (exact) mass is 367 g/mol. The third-order valence-electron chi connectivity index (χ3n) is 4.07. The van der Waals surface area contributed by atoms with Gasteiger partial charge in [-0.15, -0.1) is 5.10 Å². The van der Waals surface area contributed by atoms with Gasteiger partial charge >= 0.3 is 0 Å². The van der Waals surface area contributed by atoms with Crippen molar-refractivity contribution in [1.29, 1.82) is 0 Å². The molecule has 0 atom stereocenters. The molecule has 3 N–H and O–H groups in total. The predicted molar refractivity (Wildman–Crippen MR) is 101 cm³/mol. The van der Waals surface area contributed by atoms with Gasteiger partial charge < -0.3 is 20.5 Å². The van der Waals surface area contributed by atoms with Crippen molar-refractivity contribution < 1.29 is 14.3 Å². The van der Waals surface area contributed by atoms with Crippen molar-refractivity contribution in [3.8, 4) is 17.2 Å². The molecule has 0 aliphatic carbocycles. The first-order valence-corrected chi connectivity index (χ1v) is 8.39. The average Bonchev–Trinajstić information content (AvgIpc) is 3.09. The quantitative estimate of drug-likeness (QED) is 0.660. The Morgan fingerprint density at radius 3 is 2.56 bits per heavy atom. The Morgan fingerprint density at radius 2 is 1.85 bits per heavy atom. The second kappa shape index (κ2) is 8.22. The molecule has 1 aromatic heterocycles. The van der Waals surface area contributed by atoms with Crippen LogP contribution in [0.15, 0.2) is 48.5 Å². The molecule has 0 aliphatic rings. The summed E-state index contributed by atoms with van der Waals surface area (Å²) in [5.74, 6) is 1.15. The number of nitrogens with zero attached hydrogens (tertiary/aromatic N) is 3. The van der Waals surface area contributed by atoms with E-state index in [9.17, 15) is 4.79 Å². The van der Waals surface area contributed by atoms with Gasteiger partial charge in [-0.25, -0.2) is 0 Å². The van der Waals surface area contributed by atoms with E-state index in [1.54, 1.807) is 14.2 Å². The number of methoxy groups -OCH3 is 2. The molecule has 3 rings (SSSR count). The van der Waals surface area contributed by atoms with Gasteiger partial charge in [-0.2, -0.15) is 4.68 Å². The van der Waals surface area contributed by atoms with E-state index in [4.69, 9.17) is 15.2 Å². The number of aromatic nitrogens is 3. The van der Waals surface area contributed by atoms with Crippen LogP contribution in [0.25, 0.3) is 5.69 Å². The molecule has 8 nitrogen and oxygen atoms in total. The molecule has 1 heterocycles. The number of carbonyl (C=O) groups is 1. The summed E-state index contributed by atoms with van der Waals surface area (Å²) in [7, 11) is 3.17. The van der Waals surface area contributed by atoms with Crippen LogP contribution in [0.5, 0.6) is 11.5 Å². The van der Waals surface area contributed by atoms with Gasteiger partial charge in [0.05, 0.1) is 19.9 Å². The molecule has 3 aromatic rings. The largest absolute Gasteiger partial charge is 0.493 e. The van der Waals surface area contributed by atoms with Crippen LogP contribution in [0.1, 0.15) is 16.1 Å². The lowest BCUT2D eigenvalue weighted by Gasteiger charge is -2.10. The lowest BCUT2D eigenvalue weighted by Crippen LogP contribution is -2.27. The highest BCUT2D eigenvalue weighted by molar-refractivity contribution is 5.96.